The van der Waals surface area contributed by atoms with Crippen molar-refractivity contribution in [3.8, 4) is 11.1 Å². The fourth-order valence-corrected chi connectivity index (χ4v) is 2.09. The van der Waals surface area contributed by atoms with Crippen LogP contribution in [0.15, 0.2) is 24.5 Å². The average molecular weight is 282 g/mol. The molecule has 0 atom stereocenters. The van der Waals surface area contributed by atoms with Gasteiger partial charge in [0.15, 0.2) is 0 Å². The Morgan fingerprint density at radius 2 is 2.00 bits per heavy atom. The number of rotatable bonds is 3. The van der Waals surface area contributed by atoms with Gasteiger partial charge in [0, 0.05) is 29.8 Å². The van der Waals surface area contributed by atoms with Crippen LogP contribution in [0.4, 0.5) is 17.3 Å². The van der Waals surface area contributed by atoms with Crippen molar-refractivity contribution in [3.63, 3.8) is 0 Å². The molecule has 2 aromatic rings. The fourth-order valence-electron chi connectivity index (χ4n) is 1.49. The van der Waals surface area contributed by atoms with Gasteiger partial charge in [0.25, 0.3) is 0 Å². The summed E-state index contributed by atoms with van der Waals surface area (Å²) < 4.78 is 3.06. The summed E-state index contributed by atoms with van der Waals surface area (Å²) in [4.78, 5) is 8.05. The maximum atomic E-state index is 6.10. The van der Waals surface area contributed by atoms with Crippen LogP contribution in [-0.4, -0.2) is 16.2 Å². The Bertz CT molecular complexity index is 575. The monoisotopic (exact) mass is 281 g/mol. The average Bonchev–Trinajstić information content (AvgIpc) is 2.35. The summed E-state index contributed by atoms with van der Waals surface area (Å²) in [6.45, 7) is 0. The number of nitrogens with two attached hydrogens (primary N) is 2. The van der Waals surface area contributed by atoms with Gasteiger partial charge in [-0.25, -0.2) is 9.97 Å². The second-order valence-electron chi connectivity index (χ2n) is 3.55. The molecule has 2 heterocycles. The smallest absolute Gasteiger partial charge is 0.147 e. The van der Waals surface area contributed by atoms with Crippen LogP contribution in [0.25, 0.3) is 11.1 Å². The molecule has 0 spiro atoms. The van der Waals surface area contributed by atoms with Crippen LogP contribution in [0.3, 0.4) is 0 Å². The first-order chi connectivity index (χ1) is 8.61. The van der Waals surface area contributed by atoms with Gasteiger partial charge >= 0.3 is 0 Å². The molecular weight excluding hydrogens is 270 g/mol. The number of hydrogen-bond acceptors (Lipinski definition) is 6. The number of nitrogens with zero attached hydrogens (tertiary/aromatic N) is 2. The van der Waals surface area contributed by atoms with Gasteiger partial charge in [-0.1, -0.05) is 23.5 Å². The number of anilines is 3. The maximum Gasteiger partial charge on any atom is 0.147 e. The minimum absolute atomic E-state index is 0.408. The van der Waals surface area contributed by atoms with E-state index in [4.69, 9.17) is 23.1 Å². The van der Waals surface area contributed by atoms with E-state index in [-0.39, 0.29) is 0 Å². The molecule has 0 bridgehead atoms. The minimum atomic E-state index is 0.408. The summed E-state index contributed by atoms with van der Waals surface area (Å²) in [7, 11) is 0. The lowest BCUT2D eigenvalue weighted by Crippen LogP contribution is -1.98. The van der Waals surface area contributed by atoms with Crippen molar-refractivity contribution >= 4 is 40.9 Å². The molecule has 0 aromatic carbocycles. The van der Waals surface area contributed by atoms with Crippen molar-refractivity contribution in [2.24, 2.45) is 0 Å². The van der Waals surface area contributed by atoms with E-state index in [0.717, 1.165) is 16.8 Å². The quantitative estimate of drug-likeness (QED) is 0.750. The molecule has 0 aliphatic heterocycles. The highest BCUT2D eigenvalue weighted by Crippen LogP contribution is 2.31. The molecule has 0 fully saturated rings. The molecule has 0 aliphatic rings. The summed E-state index contributed by atoms with van der Waals surface area (Å²) in [5, 5.41) is 0.519. The van der Waals surface area contributed by atoms with E-state index in [1.807, 2.05) is 12.3 Å². The van der Waals surface area contributed by atoms with Crippen LogP contribution in [0.1, 0.15) is 0 Å². The third-order valence-corrected chi connectivity index (χ3v) is 3.04. The van der Waals surface area contributed by atoms with E-state index in [2.05, 4.69) is 14.7 Å². The maximum absolute atomic E-state index is 6.10. The van der Waals surface area contributed by atoms with Gasteiger partial charge in [0.05, 0.1) is 10.7 Å². The predicted octanol–water partition coefficient (Wildman–Crippen LogP) is 2.65. The summed E-state index contributed by atoms with van der Waals surface area (Å²) >= 11 is 7.54. The Balaban J connectivity index is 2.50. The van der Waals surface area contributed by atoms with Gasteiger partial charge in [-0.3, -0.25) is 0 Å². The lowest BCUT2D eigenvalue weighted by Gasteiger charge is -2.09. The number of halogens is 1. The molecule has 5 nitrogen and oxygen atoms in total. The highest BCUT2D eigenvalue weighted by molar-refractivity contribution is 7.99. The molecule has 18 heavy (non-hydrogen) atoms. The zero-order valence-corrected chi connectivity index (χ0v) is 11.2. The molecule has 0 unspecified atom stereocenters. The minimum Gasteiger partial charge on any atom is -0.384 e. The number of pyridine rings is 2. The predicted molar refractivity (Wildman–Crippen MR) is 78.4 cm³/mol. The SMILES string of the molecule is CSNc1cc(-c2cc(N)ncc2Cl)cnc1N. The zero-order valence-electron chi connectivity index (χ0n) is 9.64. The van der Waals surface area contributed by atoms with Crippen LogP contribution < -0.4 is 16.2 Å². The van der Waals surface area contributed by atoms with Crippen LogP contribution in [0.2, 0.25) is 5.02 Å². The van der Waals surface area contributed by atoms with Crippen molar-refractivity contribution < 1.29 is 0 Å². The van der Waals surface area contributed by atoms with Gasteiger partial charge in [0.1, 0.15) is 11.6 Å². The molecule has 0 aliphatic carbocycles. The normalized spacial score (nSPS) is 10.3. The van der Waals surface area contributed by atoms with Crippen molar-refractivity contribution in [1.29, 1.82) is 0 Å². The number of aromatic nitrogens is 2. The van der Waals surface area contributed by atoms with Crippen LogP contribution in [0, 0.1) is 0 Å². The highest BCUT2D eigenvalue weighted by atomic mass is 35.5. The molecule has 94 valence electrons. The van der Waals surface area contributed by atoms with Crippen molar-refractivity contribution in [2.45, 2.75) is 0 Å². The lowest BCUT2D eigenvalue weighted by atomic mass is 10.1. The zero-order chi connectivity index (χ0) is 13.1. The van der Waals surface area contributed by atoms with E-state index in [1.54, 1.807) is 12.3 Å². The number of hydrogen-bond donors (Lipinski definition) is 3. The van der Waals surface area contributed by atoms with Gasteiger partial charge < -0.3 is 16.2 Å². The van der Waals surface area contributed by atoms with E-state index in [0.29, 0.717) is 16.7 Å². The molecular formula is C11H12ClN5S. The van der Waals surface area contributed by atoms with Gasteiger partial charge in [-0.05, 0) is 12.1 Å². The first kappa shape index (κ1) is 12.8. The van der Waals surface area contributed by atoms with E-state index in [9.17, 15) is 0 Å². The third-order valence-electron chi connectivity index (χ3n) is 2.32. The molecule has 0 saturated carbocycles. The third kappa shape index (κ3) is 2.60. The van der Waals surface area contributed by atoms with Crippen molar-refractivity contribution in [2.75, 3.05) is 22.4 Å². The highest BCUT2D eigenvalue weighted by Gasteiger charge is 2.08. The van der Waals surface area contributed by atoms with Crippen LogP contribution >= 0.6 is 23.5 Å². The number of nitrogen functional groups attached to an aromatic ring is 2. The molecule has 0 saturated heterocycles. The molecule has 7 heteroatoms. The molecule has 0 amide bonds. The first-order valence-corrected chi connectivity index (χ1v) is 6.68. The summed E-state index contributed by atoms with van der Waals surface area (Å²) in [6.07, 6.45) is 5.08. The standard InChI is InChI=1S/C11H12ClN5S/c1-18-17-9-2-6(4-16-11(9)14)7-3-10(13)15-5-8(7)12/h2-5,17H,1H3,(H2,13,15)(H2,14,16). The second-order valence-corrected chi connectivity index (χ2v) is 4.57. The first-order valence-electron chi connectivity index (χ1n) is 5.07. The Hall–Kier alpha value is -1.66. The van der Waals surface area contributed by atoms with Gasteiger partial charge in [-0.15, -0.1) is 0 Å². The van der Waals surface area contributed by atoms with Crippen LogP contribution in [-0.2, 0) is 0 Å². The Morgan fingerprint density at radius 3 is 2.72 bits per heavy atom. The summed E-state index contributed by atoms with van der Waals surface area (Å²) in [6, 6.07) is 3.58. The second kappa shape index (κ2) is 5.32. The van der Waals surface area contributed by atoms with E-state index in [1.165, 1.54) is 18.1 Å². The molecule has 0 radical (unpaired) electrons. The Morgan fingerprint density at radius 1 is 1.22 bits per heavy atom. The van der Waals surface area contributed by atoms with Crippen LogP contribution in [0.5, 0.6) is 0 Å². The Labute approximate surface area is 114 Å². The molecule has 5 N–H and O–H groups in total. The molecule has 2 rings (SSSR count). The van der Waals surface area contributed by atoms with Gasteiger partial charge in [-0.2, -0.15) is 0 Å². The largest absolute Gasteiger partial charge is 0.384 e. The molecule has 2 aromatic heterocycles. The van der Waals surface area contributed by atoms with Crippen molar-refractivity contribution in [1.82, 2.24) is 9.97 Å². The van der Waals surface area contributed by atoms with E-state index < -0.39 is 0 Å². The summed E-state index contributed by atoms with van der Waals surface area (Å²) in [5.41, 5.74) is 13.8. The van der Waals surface area contributed by atoms with Crippen molar-refractivity contribution in [3.05, 3.63) is 29.5 Å². The summed E-state index contributed by atoms with van der Waals surface area (Å²) in [5.74, 6) is 0.844. The topological polar surface area (TPSA) is 89.8 Å². The Kier molecular flexibility index (Phi) is 3.78. The van der Waals surface area contributed by atoms with Gasteiger partial charge in [0.2, 0.25) is 0 Å². The fraction of sp³-hybridized carbons (Fsp3) is 0.0909. The number of nitrogens with one attached hydrogen (secondary N) is 1. The van der Waals surface area contributed by atoms with E-state index >= 15 is 0 Å². The lowest BCUT2D eigenvalue weighted by molar-refractivity contribution is 1.31.